The zero-order valence-electron chi connectivity index (χ0n) is 10.8. The molecule has 0 aliphatic carbocycles. The van der Waals surface area contributed by atoms with Gasteiger partial charge in [-0.1, -0.05) is 6.07 Å². The van der Waals surface area contributed by atoms with E-state index in [0.717, 1.165) is 5.56 Å². The van der Waals surface area contributed by atoms with Crippen LogP contribution in [0.15, 0.2) is 18.2 Å². The van der Waals surface area contributed by atoms with Gasteiger partial charge in [-0.05, 0) is 31.5 Å². The molecule has 0 saturated carbocycles. The molecule has 0 radical (unpaired) electrons. The van der Waals surface area contributed by atoms with E-state index in [1.165, 1.54) is 19.1 Å². The van der Waals surface area contributed by atoms with Crippen LogP contribution in [-0.4, -0.2) is 14.9 Å². The molecule has 0 fully saturated rings. The standard InChI is InChI=1S/C12H11FN4O3/c1-6-3-4-8(13)9(5-6)20-11-10(17(18)19)7(2)15-12(14)16-11/h3-5H,1-2H3,(H2,14,15,16). The lowest BCUT2D eigenvalue weighted by molar-refractivity contribution is -0.386. The summed E-state index contributed by atoms with van der Waals surface area (Å²) >= 11 is 0. The molecule has 0 bridgehead atoms. The first-order chi connectivity index (χ1) is 9.38. The van der Waals surface area contributed by atoms with Crippen LogP contribution in [0.1, 0.15) is 11.3 Å². The van der Waals surface area contributed by atoms with Crippen molar-refractivity contribution in [3.63, 3.8) is 0 Å². The average molecular weight is 278 g/mol. The monoisotopic (exact) mass is 278 g/mol. The molecular formula is C12H11FN4O3. The van der Waals surface area contributed by atoms with E-state index in [4.69, 9.17) is 10.5 Å². The first kappa shape index (κ1) is 13.7. The molecule has 0 aliphatic heterocycles. The van der Waals surface area contributed by atoms with Gasteiger partial charge in [0.2, 0.25) is 5.95 Å². The highest BCUT2D eigenvalue weighted by molar-refractivity contribution is 5.49. The van der Waals surface area contributed by atoms with Crippen LogP contribution in [0.4, 0.5) is 16.0 Å². The van der Waals surface area contributed by atoms with Gasteiger partial charge in [-0.3, -0.25) is 10.1 Å². The molecule has 0 saturated heterocycles. The molecule has 104 valence electrons. The number of ether oxygens (including phenoxy) is 1. The number of nitrogen functional groups attached to an aromatic ring is 1. The van der Waals surface area contributed by atoms with Crippen LogP contribution >= 0.6 is 0 Å². The first-order valence-electron chi connectivity index (χ1n) is 5.61. The van der Waals surface area contributed by atoms with Gasteiger partial charge in [0.15, 0.2) is 11.6 Å². The number of rotatable bonds is 3. The number of anilines is 1. The quantitative estimate of drug-likeness (QED) is 0.683. The third kappa shape index (κ3) is 2.63. The minimum atomic E-state index is -0.697. The second kappa shape index (κ2) is 5.08. The summed E-state index contributed by atoms with van der Waals surface area (Å²) in [6, 6.07) is 4.16. The Labute approximate surface area is 113 Å². The summed E-state index contributed by atoms with van der Waals surface area (Å²) in [5, 5.41) is 11.0. The number of aromatic nitrogens is 2. The number of hydrogen-bond donors (Lipinski definition) is 1. The number of nitro groups is 1. The number of benzene rings is 1. The van der Waals surface area contributed by atoms with Crippen molar-refractivity contribution in [2.24, 2.45) is 0 Å². The van der Waals surface area contributed by atoms with E-state index in [-0.39, 0.29) is 23.3 Å². The minimum absolute atomic E-state index is 0.0468. The molecule has 0 unspecified atom stereocenters. The van der Waals surface area contributed by atoms with Crippen molar-refractivity contribution in [1.82, 2.24) is 9.97 Å². The van der Waals surface area contributed by atoms with Crippen molar-refractivity contribution in [2.45, 2.75) is 13.8 Å². The highest BCUT2D eigenvalue weighted by Crippen LogP contribution is 2.33. The number of nitrogens with zero attached hydrogens (tertiary/aromatic N) is 3. The van der Waals surface area contributed by atoms with Gasteiger partial charge in [0.25, 0.3) is 0 Å². The van der Waals surface area contributed by atoms with E-state index < -0.39 is 16.4 Å². The minimum Gasteiger partial charge on any atom is -0.430 e. The van der Waals surface area contributed by atoms with Gasteiger partial charge in [0, 0.05) is 0 Å². The van der Waals surface area contributed by atoms with Crippen molar-refractivity contribution in [2.75, 3.05) is 5.73 Å². The number of halogens is 1. The summed E-state index contributed by atoms with van der Waals surface area (Å²) in [6.45, 7) is 3.13. The van der Waals surface area contributed by atoms with E-state index in [1.54, 1.807) is 13.0 Å². The summed E-state index contributed by atoms with van der Waals surface area (Å²) in [7, 11) is 0. The molecule has 20 heavy (non-hydrogen) atoms. The first-order valence-corrected chi connectivity index (χ1v) is 5.61. The fourth-order valence-electron chi connectivity index (χ4n) is 1.64. The zero-order valence-corrected chi connectivity index (χ0v) is 10.8. The van der Waals surface area contributed by atoms with Gasteiger partial charge >= 0.3 is 11.6 Å². The van der Waals surface area contributed by atoms with Crippen LogP contribution in [0.3, 0.4) is 0 Å². The molecule has 0 spiro atoms. The average Bonchev–Trinajstić information content (AvgIpc) is 2.32. The summed E-state index contributed by atoms with van der Waals surface area (Å²) in [6.07, 6.45) is 0. The second-order valence-electron chi connectivity index (χ2n) is 4.11. The summed E-state index contributed by atoms with van der Waals surface area (Å²) in [5.41, 5.74) is 5.77. The largest absolute Gasteiger partial charge is 0.430 e. The Morgan fingerprint density at radius 3 is 2.70 bits per heavy atom. The fraction of sp³-hybridized carbons (Fsp3) is 0.167. The van der Waals surface area contributed by atoms with Gasteiger partial charge in [-0.2, -0.15) is 4.98 Å². The van der Waals surface area contributed by atoms with Crippen LogP contribution in [0.2, 0.25) is 0 Å². The second-order valence-corrected chi connectivity index (χ2v) is 4.11. The molecule has 0 aliphatic rings. The zero-order chi connectivity index (χ0) is 14.9. The Bertz CT molecular complexity index is 691. The highest BCUT2D eigenvalue weighted by Gasteiger charge is 2.24. The third-order valence-corrected chi connectivity index (χ3v) is 2.52. The Balaban J connectivity index is 2.53. The van der Waals surface area contributed by atoms with Crippen LogP contribution in [0.25, 0.3) is 0 Å². The van der Waals surface area contributed by atoms with Crippen molar-refractivity contribution >= 4 is 11.6 Å². The van der Waals surface area contributed by atoms with E-state index in [1.807, 2.05) is 0 Å². The molecule has 7 nitrogen and oxygen atoms in total. The van der Waals surface area contributed by atoms with Gasteiger partial charge in [-0.15, -0.1) is 0 Å². The smallest absolute Gasteiger partial charge is 0.352 e. The Kier molecular flexibility index (Phi) is 3.47. The SMILES string of the molecule is Cc1ccc(F)c(Oc2nc(N)nc(C)c2[N+](=O)[O-])c1. The Morgan fingerprint density at radius 1 is 1.35 bits per heavy atom. The van der Waals surface area contributed by atoms with Gasteiger partial charge in [0.1, 0.15) is 5.69 Å². The van der Waals surface area contributed by atoms with Gasteiger partial charge in [0.05, 0.1) is 4.92 Å². The van der Waals surface area contributed by atoms with Crippen LogP contribution in [0.5, 0.6) is 11.6 Å². The van der Waals surface area contributed by atoms with Gasteiger partial charge in [-0.25, -0.2) is 9.37 Å². The molecule has 1 aromatic carbocycles. The lowest BCUT2D eigenvalue weighted by atomic mass is 10.2. The molecule has 8 heteroatoms. The molecule has 2 rings (SSSR count). The maximum atomic E-state index is 13.6. The molecular weight excluding hydrogens is 267 g/mol. The Hall–Kier alpha value is -2.77. The summed E-state index contributed by atoms with van der Waals surface area (Å²) in [4.78, 5) is 17.7. The summed E-state index contributed by atoms with van der Waals surface area (Å²) < 4.78 is 18.8. The maximum Gasteiger partial charge on any atom is 0.352 e. The van der Waals surface area contributed by atoms with E-state index in [9.17, 15) is 14.5 Å². The Morgan fingerprint density at radius 2 is 2.05 bits per heavy atom. The molecule has 2 aromatic rings. The van der Waals surface area contributed by atoms with E-state index in [2.05, 4.69) is 9.97 Å². The fourth-order valence-corrected chi connectivity index (χ4v) is 1.64. The predicted octanol–water partition coefficient (Wildman–Crippen LogP) is 2.52. The normalized spacial score (nSPS) is 10.3. The van der Waals surface area contributed by atoms with Crippen molar-refractivity contribution < 1.29 is 14.1 Å². The summed E-state index contributed by atoms with van der Waals surface area (Å²) in [5.74, 6) is -1.38. The molecule has 2 N–H and O–H groups in total. The molecule has 0 amide bonds. The van der Waals surface area contributed by atoms with Crippen molar-refractivity contribution in [3.05, 3.63) is 45.4 Å². The van der Waals surface area contributed by atoms with E-state index in [0.29, 0.717) is 0 Å². The van der Waals surface area contributed by atoms with Crippen molar-refractivity contribution in [3.8, 4) is 11.6 Å². The van der Waals surface area contributed by atoms with Crippen molar-refractivity contribution in [1.29, 1.82) is 0 Å². The lowest BCUT2D eigenvalue weighted by Gasteiger charge is -2.08. The number of hydrogen-bond acceptors (Lipinski definition) is 6. The lowest BCUT2D eigenvalue weighted by Crippen LogP contribution is -2.05. The molecule has 1 aromatic heterocycles. The number of nitrogens with two attached hydrogens (primary N) is 1. The topological polar surface area (TPSA) is 104 Å². The number of aryl methyl sites for hydroxylation is 2. The molecule has 0 atom stereocenters. The highest BCUT2D eigenvalue weighted by atomic mass is 19.1. The third-order valence-electron chi connectivity index (χ3n) is 2.52. The molecule has 1 heterocycles. The van der Waals surface area contributed by atoms with Crippen LogP contribution in [0, 0.1) is 29.8 Å². The maximum absolute atomic E-state index is 13.6. The van der Waals surface area contributed by atoms with E-state index >= 15 is 0 Å². The predicted molar refractivity (Wildman–Crippen MR) is 69.0 cm³/mol. The van der Waals surface area contributed by atoms with Gasteiger partial charge < -0.3 is 10.5 Å². The van der Waals surface area contributed by atoms with Crippen LogP contribution in [-0.2, 0) is 0 Å². The van der Waals surface area contributed by atoms with Crippen LogP contribution < -0.4 is 10.5 Å².